The van der Waals surface area contributed by atoms with Crippen molar-refractivity contribution in [2.24, 2.45) is 9.98 Å². The van der Waals surface area contributed by atoms with Crippen molar-refractivity contribution in [1.29, 1.82) is 0 Å². The Morgan fingerprint density at radius 1 is 0.615 bits per heavy atom. The van der Waals surface area contributed by atoms with Crippen molar-refractivity contribution in [3.8, 4) is 0 Å². The van der Waals surface area contributed by atoms with Gasteiger partial charge in [-0.25, -0.2) is 0 Å². The van der Waals surface area contributed by atoms with Gasteiger partial charge in [0.15, 0.2) is 0 Å². The zero-order chi connectivity index (χ0) is 20.0. The largest absolute Gasteiger partial charge is 0.288 e. The van der Waals surface area contributed by atoms with Crippen molar-refractivity contribution in [2.45, 2.75) is 115 Å². The van der Waals surface area contributed by atoms with E-state index in [1.54, 1.807) is 12.4 Å². The Kier molecular flexibility index (Phi) is 5.76. The summed E-state index contributed by atoms with van der Waals surface area (Å²) in [6.45, 7) is 15.9. The van der Waals surface area contributed by atoms with E-state index < -0.39 is 22.2 Å². The van der Waals surface area contributed by atoms with Crippen molar-refractivity contribution in [1.82, 2.24) is 10.1 Å². The number of hydroxylamine groups is 4. The van der Waals surface area contributed by atoms with Gasteiger partial charge < -0.3 is 0 Å². The molecule has 2 aliphatic heterocycles. The van der Waals surface area contributed by atoms with Crippen LogP contribution < -0.4 is 0 Å². The first kappa shape index (κ1) is 21.5. The summed E-state index contributed by atoms with van der Waals surface area (Å²) < 4.78 is 0. The second-order valence-corrected chi connectivity index (χ2v) is 10.6. The average Bonchev–Trinajstić information content (AvgIpc) is 2.45. The van der Waals surface area contributed by atoms with Gasteiger partial charge in [0.1, 0.15) is 0 Å². The molecule has 2 heterocycles. The van der Waals surface area contributed by atoms with E-state index in [0.29, 0.717) is 0 Å². The van der Waals surface area contributed by atoms with Crippen molar-refractivity contribution in [3.05, 3.63) is 0 Å². The van der Waals surface area contributed by atoms with Gasteiger partial charge in [-0.05, 0) is 81.1 Å². The van der Waals surface area contributed by atoms with Crippen LogP contribution in [0.3, 0.4) is 0 Å². The van der Waals surface area contributed by atoms with Crippen LogP contribution >= 0.6 is 0 Å². The Labute approximate surface area is 158 Å². The molecular weight excluding hydrogens is 328 g/mol. The third-order valence-electron chi connectivity index (χ3n) is 5.80. The van der Waals surface area contributed by atoms with E-state index in [4.69, 9.17) is 0 Å². The summed E-state index contributed by atoms with van der Waals surface area (Å²) in [5, 5.41) is 27.3. The molecule has 6 heteroatoms. The van der Waals surface area contributed by atoms with E-state index >= 15 is 0 Å². The summed E-state index contributed by atoms with van der Waals surface area (Å²) in [5.74, 6) is 0. The Bertz CT molecular complexity index is 480. The molecule has 2 saturated heterocycles. The molecule has 2 fully saturated rings. The summed E-state index contributed by atoms with van der Waals surface area (Å²) in [6, 6.07) is 0.265. The first-order chi connectivity index (χ1) is 11.7. The standard InChI is InChI=1S/C20H36N4O2/c1-17(2)11-15(12-18(3,4)23(17)25)21-9-10-22-16-13-19(5,6)24(26)20(7,8)14-16/h9-10,15-16H,11-14H2,1-8H3. The van der Waals surface area contributed by atoms with Gasteiger partial charge in [0.25, 0.3) is 0 Å². The van der Waals surface area contributed by atoms with E-state index in [0.717, 1.165) is 25.7 Å². The maximum atomic E-state index is 12.4. The number of hydrogen-bond acceptors (Lipinski definition) is 4. The summed E-state index contributed by atoms with van der Waals surface area (Å²) in [6.07, 6.45) is 6.55. The third kappa shape index (κ3) is 4.53. The van der Waals surface area contributed by atoms with Gasteiger partial charge in [0.05, 0.1) is 12.1 Å². The molecule has 0 aromatic rings. The number of hydrogen-bond donors (Lipinski definition) is 0. The molecule has 0 bridgehead atoms. The van der Waals surface area contributed by atoms with E-state index in [1.807, 2.05) is 55.4 Å². The van der Waals surface area contributed by atoms with Crippen LogP contribution in [0.2, 0.25) is 0 Å². The predicted molar refractivity (Wildman–Crippen MR) is 104 cm³/mol. The van der Waals surface area contributed by atoms with Gasteiger partial charge in [-0.1, -0.05) is 0 Å². The zero-order valence-corrected chi connectivity index (χ0v) is 17.7. The van der Waals surface area contributed by atoms with Crippen LogP contribution in [0.5, 0.6) is 0 Å². The summed E-state index contributed by atoms with van der Waals surface area (Å²) in [5.41, 5.74) is -1.63. The Hall–Kier alpha value is -0.820. The molecule has 6 nitrogen and oxygen atoms in total. The quantitative estimate of drug-likeness (QED) is 0.713. The van der Waals surface area contributed by atoms with Crippen LogP contribution in [0.25, 0.3) is 0 Å². The van der Waals surface area contributed by atoms with Crippen molar-refractivity contribution in [3.63, 3.8) is 0 Å². The first-order valence-electron chi connectivity index (χ1n) is 9.67. The molecule has 0 amide bonds. The molecule has 148 valence electrons. The molecule has 0 aromatic heterocycles. The van der Waals surface area contributed by atoms with Crippen LogP contribution in [0.4, 0.5) is 0 Å². The normalized spacial score (nSPS) is 30.4. The van der Waals surface area contributed by atoms with Crippen molar-refractivity contribution >= 4 is 12.4 Å². The third-order valence-corrected chi connectivity index (χ3v) is 5.80. The van der Waals surface area contributed by atoms with Crippen LogP contribution in [0, 0.1) is 0 Å². The minimum atomic E-state index is -0.407. The van der Waals surface area contributed by atoms with Crippen molar-refractivity contribution in [2.75, 3.05) is 0 Å². The van der Waals surface area contributed by atoms with Gasteiger partial charge in [0, 0.05) is 34.6 Å². The summed E-state index contributed by atoms with van der Waals surface area (Å²) in [4.78, 5) is 9.34. The van der Waals surface area contributed by atoms with E-state index in [2.05, 4.69) is 9.98 Å². The molecule has 0 saturated carbocycles. The fraction of sp³-hybridized carbons (Fsp3) is 0.900. The molecule has 26 heavy (non-hydrogen) atoms. The van der Waals surface area contributed by atoms with E-state index in [9.17, 15) is 10.4 Å². The fourth-order valence-electron chi connectivity index (χ4n) is 4.95. The SMILES string of the molecule is CC1(C)CC(N=CC=NC2CC(C)(C)N([O])C(C)(C)C2)CC(C)(C)N1[O]. The lowest BCUT2D eigenvalue weighted by atomic mass is 9.79. The second kappa shape index (κ2) is 6.97. The lowest BCUT2D eigenvalue weighted by Gasteiger charge is -2.49. The Morgan fingerprint density at radius 3 is 1.08 bits per heavy atom. The molecule has 0 unspecified atom stereocenters. The van der Waals surface area contributed by atoms with Gasteiger partial charge >= 0.3 is 0 Å². The predicted octanol–water partition coefficient (Wildman–Crippen LogP) is 3.86. The van der Waals surface area contributed by atoms with Gasteiger partial charge in [-0.2, -0.15) is 0 Å². The lowest BCUT2D eigenvalue weighted by molar-refractivity contribution is -0.288. The minimum Gasteiger partial charge on any atom is -0.288 e. The molecule has 2 radical (unpaired) electrons. The minimum absolute atomic E-state index is 0.132. The summed E-state index contributed by atoms with van der Waals surface area (Å²) >= 11 is 0. The monoisotopic (exact) mass is 364 g/mol. The topological polar surface area (TPSA) is 71.0 Å². The molecule has 0 aromatic carbocycles. The fourth-order valence-corrected chi connectivity index (χ4v) is 4.95. The molecule has 0 aliphatic carbocycles. The average molecular weight is 365 g/mol. The van der Waals surface area contributed by atoms with Crippen LogP contribution in [0.15, 0.2) is 9.98 Å². The van der Waals surface area contributed by atoms with Crippen LogP contribution in [0.1, 0.15) is 81.1 Å². The molecule has 0 N–H and O–H groups in total. The number of piperidine rings is 2. The van der Waals surface area contributed by atoms with E-state index in [-0.39, 0.29) is 12.1 Å². The molecular formula is C20H36N4O2. The molecule has 0 spiro atoms. The summed E-state index contributed by atoms with van der Waals surface area (Å²) in [7, 11) is 0. The first-order valence-corrected chi connectivity index (χ1v) is 9.67. The highest BCUT2D eigenvalue weighted by molar-refractivity contribution is 6.16. The highest BCUT2D eigenvalue weighted by Gasteiger charge is 2.47. The van der Waals surface area contributed by atoms with Gasteiger partial charge in [0.2, 0.25) is 0 Å². The van der Waals surface area contributed by atoms with E-state index in [1.165, 1.54) is 10.1 Å². The number of rotatable bonds is 3. The highest BCUT2D eigenvalue weighted by atomic mass is 16.5. The Balaban J connectivity index is 2.00. The molecule has 2 aliphatic rings. The van der Waals surface area contributed by atoms with Crippen LogP contribution in [-0.4, -0.2) is 56.8 Å². The molecule has 0 atom stereocenters. The van der Waals surface area contributed by atoms with Crippen molar-refractivity contribution < 1.29 is 10.4 Å². The maximum absolute atomic E-state index is 12.4. The Morgan fingerprint density at radius 2 is 0.846 bits per heavy atom. The zero-order valence-electron chi connectivity index (χ0n) is 17.7. The highest BCUT2D eigenvalue weighted by Crippen LogP contribution is 2.39. The van der Waals surface area contributed by atoms with Crippen LogP contribution in [-0.2, 0) is 10.4 Å². The number of nitrogens with zero attached hydrogens (tertiary/aromatic N) is 4. The maximum Gasteiger partial charge on any atom is 0.0536 e. The second-order valence-electron chi connectivity index (χ2n) is 10.6. The lowest BCUT2D eigenvalue weighted by Crippen LogP contribution is -2.59. The smallest absolute Gasteiger partial charge is 0.0536 e. The molecule has 2 rings (SSSR count). The van der Waals surface area contributed by atoms with Gasteiger partial charge in [-0.15, -0.1) is 20.5 Å². The number of aliphatic imine (C=N–C) groups is 2. The van der Waals surface area contributed by atoms with Gasteiger partial charge in [-0.3, -0.25) is 9.98 Å².